The van der Waals surface area contributed by atoms with Crippen LogP contribution in [0.2, 0.25) is 5.02 Å². The Labute approximate surface area is 132 Å². The second kappa shape index (κ2) is 5.04. The molecule has 0 unspecified atom stereocenters. The van der Waals surface area contributed by atoms with Crippen LogP contribution in [-0.4, -0.2) is 32.0 Å². The van der Waals surface area contributed by atoms with E-state index in [0.717, 1.165) is 23.7 Å². The van der Waals surface area contributed by atoms with Gasteiger partial charge in [0, 0.05) is 29.7 Å². The van der Waals surface area contributed by atoms with E-state index in [-0.39, 0.29) is 5.69 Å². The normalized spacial score (nSPS) is 17.5. The van der Waals surface area contributed by atoms with Gasteiger partial charge < -0.3 is 5.11 Å². The SMILES string of the molecule is O=C(O)c1cc(-c2cc(Cl)c3c(c2)CN(C2CC2)C3)ncn1. The average Bonchev–Trinajstić information content (AvgIpc) is 3.27. The molecule has 1 saturated carbocycles. The fourth-order valence-electron chi connectivity index (χ4n) is 2.97. The molecule has 6 heteroatoms. The summed E-state index contributed by atoms with van der Waals surface area (Å²) in [5.41, 5.74) is 3.81. The van der Waals surface area contributed by atoms with Crippen LogP contribution < -0.4 is 0 Å². The summed E-state index contributed by atoms with van der Waals surface area (Å²) in [5, 5.41) is 9.77. The van der Waals surface area contributed by atoms with E-state index in [4.69, 9.17) is 16.7 Å². The molecular weight excluding hydrogens is 302 g/mol. The fourth-order valence-corrected chi connectivity index (χ4v) is 3.27. The zero-order chi connectivity index (χ0) is 15.3. The van der Waals surface area contributed by atoms with Gasteiger partial charge in [0.05, 0.1) is 5.69 Å². The molecule has 4 rings (SSSR count). The van der Waals surface area contributed by atoms with Crippen LogP contribution in [0.15, 0.2) is 24.5 Å². The van der Waals surface area contributed by atoms with Crippen LogP contribution in [-0.2, 0) is 13.1 Å². The molecule has 1 aliphatic carbocycles. The Kier molecular flexibility index (Phi) is 3.13. The molecule has 2 aliphatic rings. The second-order valence-electron chi connectivity index (χ2n) is 5.83. The van der Waals surface area contributed by atoms with Crippen molar-refractivity contribution in [3.8, 4) is 11.3 Å². The van der Waals surface area contributed by atoms with E-state index in [1.54, 1.807) is 0 Å². The Morgan fingerprint density at radius 1 is 1.23 bits per heavy atom. The van der Waals surface area contributed by atoms with Crippen molar-refractivity contribution < 1.29 is 9.90 Å². The van der Waals surface area contributed by atoms with Gasteiger partial charge in [-0.15, -0.1) is 0 Å². The number of hydrogen-bond acceptors (Lipinski definition) is 4. The van der Waals surface area contributed by atoms with E-state index >= 15 is 0 Å². The molecule has 112 valence electrons. The van der Waals surface area contributed by atoms with Gasteiger partial charge in [-0.1, -0.05) is 11.6 Å². The molecular formula is C16H14ClN3O2. The summed E-state index contributed by atoms with van der Waals surface area (Å²) in [6, 6.07) is 6.11. The number of nitrogens with zero attached hydrogens (tertiary/aromatic N) is 3. The minimum Gasteiger partial charge on any atom is -0.477 e. The maximum absolute atomic E-state index is 11.0. The van der Waals surface area contributed by atoms with Gasteiger partial charge in [0.15, 0.2) is 5.69 Å². The van der Waals surface area contributed by atoms with Crippen molar-refractivity contribution in [3.63, 3.8) is 0 Å². The lowest BCUT2D eigenvalue weighted by Crippen LogP contribution is -2.18. The third kappa shape index (κ3) is 2.36. The maximum Gasteiger partial charge on any atom is 0.354 e. The number of fused-ring (bicyclic) bond motifs is 1. The molecule has 2 heterocycles. The van der Waals surface area contributed by atoms with Gasteiger partial charge in [-0.2, -0.15) is 0 Å². The molecule has 0 amide bonds. The smallest absolute Gasteiger partial charge is 0.354 e. The maximum atomic E-state index is 11.0. The van der Waals surface area contributed by atoms with Gasteiger partial charge in [0.25, 0.3) is 0 Å². The highest BCUT2D eigenvalue weighted by atomic mass is 35.5. The summed E-state index contributed by atoms with van der Waals surface area (Å²) in [4.78, 5) is 21.4. The Hall–Kier alpha value is -1.98. The number of halogens is 1. The molecule has 1 fully saturated rings. The molecule has 1 N–H and O–H groups in total. The van der Waals surface area contributed by atoms with E-state index in [0.29, 0.717) is 11.7 Å². The molecule has 1 aromatic heterocycles. The van der Waals surface area contributed by atoms with Gasteiger partial charge in [-0.3, -0.25) is 4.90 Å². The summed E-state index contributed by atoms with van der Waals surface area (Å²) >= 11 is 6.43. The van der Waals surface area contributed by atoms with E-state index in [1.807, 2.05) is 6.07 Å². The van der Waals surface area contributed by atoms with Gasteiger partial charge in [0.1, 0.15) is 6.33 Å². The van der Waals surface area contributed by atoms with Crippen molar-refractivity contribution in [1.82, 2.24) is 14.9 Å². The Morgan fingerprint density at radius 3 is 2.77 bits per heavy atom. The van der Waals surface area contributed by atoms with Crippen molar-refractivity contribution >= 4 is 17.6 Å². The lowest BCUT2D eigenvalue weighted by Gasteiger charge is -2.12. The summed E-state index contributed by atoms with van der Waals surface area (Å²) < 4.78 is 0. The molecule has 1 aromatic carbocycles. The number of carboxylic acid groups (broad SMARTS) is 1. The molecule has 2 aromatic rings. The van der Waals surface area contributed by atoms with Crippen molar-refractivity contribution in [2.75, 3.05) is 0 Å². The minimum absolute atomic E-state index is 0.0128. The number of carboxylic acids is 1. The first-order valence-corrected chi connectivity index (χ1v) is 7.60. The van der Waals surface area contributed by atoms with E-state index < -0.39 is 5.97 Å². The van der Waals surface area contributed by atoms with E-state index in [1.165, 1.54) is 36.4 Å². The van der Waals surface area contributed by atoms with Crippen molar-refractivity contribution in [2.45, 2.75) is 32.0 Å². The summed E-state index contributed by atoms with van der Waals surface area (Å²) in [7, 11) is 0. The summed E-state index contributed by atoms with van der Waals surface area (Å²) in [6.45, 7) is 1.81. The van der Waals surface area contributed by atoms with E-state index in [2.05, 4.69) is 20.9 Å². The third-order valence-electron chi connectivity index (χ3n) is 4.27. The number of benzene rings is 1. The van der Waals surface area contributed by atoms with Gasteiger partial charge in [-0.25, -0.2) is 14.8 Å². The van der Waals surface area contributed by atoms with Crippen molar-refractivity contribution in [1.29, 1.82) is 0 Å². The average molecular weight is 316 g/mol. The standard InChI is InChI=1S/C16H14ClN3O2/c17-13-4-9(14-5-15(16(21)22)19-8-18-14)3-10-6-20(7-12(10)13)11-1-2-11/h3-5,8,11H,1-2,6-7H2,(H,21,22). The molecule has 5 nitrogen and oxygen atoms in total. The Morgan fingerprint density at radius 2 is 2.05 bits per heavy atom. The first kappa shape index (κ1) is 13.7. The summed E-state index contributed by atoms with van der Waals surface area (Å²) in [6.07, 6.45) is 3.81. The number of rotatable bonds is 3. The highest BCUT2D eigenvalue weighted by molar-refractivity contribution is 6.31. The summed E-state index contributed by atoms with van der Waals surface area (Å²) in [5.74, 6) is -1.06. The largest absolute Gasteiger partial charge is 0.477 e. The topological polar surface area (TPSA) is 66.3 Å². The quantitative estimate of drug-likeness (QED) is 0.943. The molecule has 0 spiro atoms. The van der Waals surface area contributed by atoms with Crippen LogP contribution in [0.5, 0.6) is 0 Å². The van der Waals surface area contributed by atoms with Crippen LogP contribution in [0.3, 0.4) is 0 Å². The predicted molar refractivity (Wildman–Crippen MR) is 81.7 cm³/mol. The molecule has 0 bridgehead atoms. The second-order valence-corrected chi connectivity index (χ2v) is 6.23. The highest BCUT2D eigenvalue weighted by Gasteiger charge is 2.34. The van der Waals surface area contributed by atoms with Gasteiger partial charge in [-0.05, 0) is 42.2 Å². The number of aromatic carboxylic acids is 1. The lowest BCUT2D eigenvalue weighted by atomic mass is 10.0. The molecule has 22 heavy (non-hydrogen) atoms. The van der Waals surface area contributed by atoms with Crippen LogP contribution in [0.25, 0.3) is 11.3 Å². The first-order valence-electron chi connectivity index (χ1n) is 7.23. The minimum atomic E-state index is -1.06. The van der Waals surface area contributed by atoms with Gasteiger partial charge >= 0.3 is 5.97 Å². The first-order chi connectivity index (χ1) is 10.6. The van der Waals surface area contributed by atoms with Crippen molar-refractivity contribution in [2.24, 2.45) is 0 Å². The van der Waals surface area contributed by atoms with Gasteiger partial charge in [0.2, 0.25) is 0 Å². The zero-order valence-electron chi connectivity index (χ0n) is 11.8. The third-order valence-corrected chi connectivity index (χ3v) is 4.60. The highest BCUT2D eigenvalue weighted by Crippen LogP contribution is 2.39. The Bertz CT molecular complexity index is 774. The molecule has 0 radical (unpaired) electrons. The van der Waals surface area contributed by atoms with Crippen molar-refractivity contribution in [3.05, 3.63) is 46.4 Å². The molecule has 1 aliphatic heterocycles. The zero-order valence-corrected chi connectivity index (χ0v) is 12.5. The number of carbonyl (C=O) groups is 1. The van der Waals surface area contributed by atoms with Crippen LogP contribution in [0.1, 0.15) is 34.5 Å². The molecule has 0 atom stereocenters. The lowest BCUT2D eigenvalue weighted by molar-refractivity contribution is 0.0690. The number of aromatic nitrogens is 2. The fraction of sp³-hybridized carbons (Fsp3) is 0.312. The number of hydrogen-bond donors (Lipinski definition) is 1. The van der Waals surface area contributed by atoms with Crippen LogP contribution in [0, 0.1) is 0 Å². The van der Waals surface area contributed by atoms with E-state index in [9.17, 15) is 4.79 Å². The van der Waals surface area contributed by atoms with Crippen LogP contribution in [0.4, 0.5) is 0 Å². The Balaban J connectivity index is 1.72. The van der Waals surface area contributed by atoms with Crippen LogP contribution >= 0.6 is 11.6 Å². The molecule has 0 saturated heterocycles. The monoisotopic (exact) mass is 315 g/mol. The predicted octanol–water partition coefficient (Wildman–Crippen LogP) is 2.97.